The molecule has 2 fully saturated rings. The number of halogens is 1. The van der Waals surface area contributed by atoms with Crippen molar-refractivity contribution in [3.05, 3.63) is 30.1 Å². The van der Waals surface area contributed by atoms with Crippen LogP contribution in [0.3, 0.4) is 0 Å². The molecule has 122 valence electrons. The number of amides is 4. The molecular weight excluding hydrogens is 305 g/mol. The first-order valence-corrected chi connectivity index (χ1v) is 7.20. The summed E-state index contributed by atoms with van der Waals surface area (Å²) in [5.41, 5.74) is 0. The first kappa shape index (κ1) is 15.3. The quantitative estimate of drug-likeness (QED) is 0.749. The van der Waals surface area contributed by atoms with Gasteiger partial charge in [-0.25, -0.2) is 9.18 Å². The Balaban J connectivity index is 1.50. The van der Waals surface area contributed by atoms with Gasteiger partial charge in [0, 0.05) is 7.05 Å². The number of urea groups is 1. The van der Waals surface area contributed by atoms with Gasteiger partial charge < -0.3 is 14.5 Å². The lowest BCUT2D eigenvalue weighted by Gasteiger charge is -2.39. The number of hydrogen-bond donors (Lipinski definition) is 0. The molecule has 0 atom stereocenters. The Morgan fingerprint density at radius 2 is 2.00 bits per heavy atom. The number of likely N-dealkylation sites (tertiary alicyclic amines) is 1. The number of likely N-dealkylation sites (N-methyl/N-ethyl adjacent to an activating group) is 1. The molecule has 3 rings (SSSR count). The van der Waals surface area contributed by atoms with E-state index in [-0.39, 0.29) is 36.8 Å². The Hall–Kier alpha value is -2.64. The van der Waals surface area contributed by atoms with Crippen LogP contribution in [0.1, 0.15) is 0 Å². The highest BCUT2D eigenvalue weighted by Crippen LogP contribution is 2.21. The summed E-state index contributed by atoms with van der Waals surface area (Å²) in [5, 5.41) is 0. The van der Waals surface area contributed by atoms with E-state index in [0.717, 1.165) is 4.90 Å². The van der Waals surface area contributed by atoms with Crippen molar-refractivity contribution in [3.63, 3.8) is 0 Å². The van der Waals surface area contributed by atoms with E-state index in [0.29, 0.717) is 13.1 Å². The van der Waals surface area contributed by atoms with Crippen molar-refractivity contribution in [2.45, 2.75) is 6.10 Å². The van der Waals surface area contributed by atoms with Crippen molar-refractivity contribution in [2.24, 2.45) is 0 Å². The monoisotopic (exact) mass is 321 g/mol. The second-order valence-electron chi connectivity index (χ2n) is 5.59. The van der Waals surface area contributed by atoms with E-state index in [1.807, 2.05) is 0 Å². The Morgan fingerprint density at radius 1 is 1.30 bits per heavy atom. The summed E-state index contributed by atoms with van der Waals surface area (Å²) in [6, 6.07) is 5.60. The van der Waals surface area contributed by atoms with Crippen LogP contribution in [-0.4, -0.2) is 71.9 Å². The topological polar surface area (TPSA) is 70.2 Å². The van der Waals surface area contributed by atoms with E-state index >= 15 is 0 Å². The van der Waals surface area contributed by atoms with Crippen molar-refractivity contribution in [3.8, 4) is 5.75 Å². The lowest BCUT2D eigenvalue weighted by atomic mass is 10.1. The normalized spacial score (nSPS) is 18.4. The molecule has 7 nitrogen and oxygen atoms in total. The Kier molecular flexibility index (Phi) is 3.89. The van der Waals surface area contributed by atoms with Crippen LogP contribution >= 0.6 is 0 Å². The molecule has 0 saturated carbocycles. The first-order valence-electron chi connectivity index (χ1n) is 7.20. The highest BCUT2D eigenvalue weighted by Gasteiger charge is 2.39. The fourth-order valence-corrected chi connectivity index (χ4v) is 2.50. The molecule has 0 unspecified atom stereocenters. The molecule has 8 heteroatoms. The summed E-state index contributed by atoms with van der Waals surface area (Å²) < 4.78 is 18.9. The SMILES string of the molecule is CN1CC(=O)N(CC(=O)N2CC(Oc3ccccc3F)C2)C1=O. The van der Waals surface area contributed by atoms with Gasteiger partial charge in [-0.1, -0.05) is 12.1 Å². The maximum atomic E-state index is 13.5. The van der Waals surface area contributed by atoms with Crippen LogP contribution in [-0.2, 0) is 9.59 Å². The van der Waals surface area contributed by atoms with E-state index in [1.165, 1.54) is 29.0 Å². The van der Waals surface area contributed by atoms with E-state index in [9.17, 15) is 18.8 Å². The lowest BCUT2D eigenvalue weighted by Crippen LogP contribution is -2.58. The average molecular weight is 321 g/mol. The number of nitrogens with zero attached hydrogens (tertiary/aromatic N) is 3. The van der Waals surface area contributed by atoms with Crippen LogP contribution in [0.2, 0.25) is 0 Å². The van der Waals surface area contributed by atoms with Crippen molar-refractivity contribution in [1.29, 1.82) is 0 Å². The maximum Gasteiger partial charge on any atom is 0.327 e. The molecule has 23 heavy (non-hydrogen) atoms. The summed E-state index contributed by atoms with van der Waals surface area (Å²) in [7, 11) is 1.51. The standard InChI is InChI=1S/C15H16FN3O4/c1-17-8-14(21)19(15(17)22)9-13(20)18-6-10(7-18)23-12-5-3-2-4-11(12)16/h2-5,10H,6-9H2,1H3. The fourth-order valence-electron chi connectivity index (χ4n) is 2.50. The number of carbonyl (C=O) groups is 3. The second kappa shape index (κ2) is 5.86. The van der Waals surface area contributed by atoms with E-state index in [4.69, 9.17) is 4.74 Å². The van der Waals surface area contributed by atoms with Crippen LogP contribution in [0.4, 0.5) is 9.18 Å². The van der Waals surface area contributed by atoms with Gasteiger partial charge in [0.1, 0.15) is 19.2 Å². The van der Waals surface area contributed by atoms with Gasteiger partial charge in [0.15, 0.2) is 11.6 Å². The smallest absolute Gasteiger partial charge is 0.327 e. The van der Waals surface area contributed by atoms with Gasteiger partial charge in [-0.15, -0.1) is 0 Å². The van der Waals surface area contributed by atoms with E-state index in [2.05, 4.69) is 0 Å². The van der Waals surface area contributed by atoms with Crippen LogP contribution in [0.25, 0.3) is 0 Å². The van der Waals surface area contributed by atoms with Crippen LogP contribution < -0.4 is 4.74 Å². The summed E-state index contributed by atoms with van der Waals surface area (Å²) >= 11 is 0. The molecule has 4 amide bonds. The summed E-state index contributed by atoms with van der Waals surface area (Å²) in [4.78, 5) is 39.1. The van der Waals surface area contributed by atoms with Gasteiger partial charge in [-0.3, -0.25) is 14.5 Å². The van der Waals surface area contributed by atoms with Gasteiger partial charge in [0.05, 0.1) is 13.1 Å². The minimum atomic E-state index is -0.469. The highest BCUT2D eigenvalue weighted by atomic mass is 19.1. The molecule has 2 aliphatic heterocycles. The molecule has 0 N–H and O–H groups in total. The molecule has 0 aliphatic carbocycles. The minimum absolute atomic E-state index is 0.00880. The Bertz CT molecular complexity index is 660. The van der Waals surface area contributed by atoms with Crippen molar-refractivity contribution in [1.82, 2.24) is 14.7 Å². The van der Waals surface area contributed by atoms with Crippen LogP contribution in [0, 0.1) is 5.82 Å². The molecule has 2 aliphatic rings. The first-order chi connectivity index (χ1) is 11.0. The molecule has 1 aromatic carbocycles. The Labute approximate surface area is 132 Å². The molecule has 0 radical (unpaired) electrons. The third-order valence-corrected chi connectivity index (χ3v) is 3.86. The highest BCUT2D eigenvalue weighted by molar-refractivity contribution is 6.04. The largest absolute Gasteiger partial charge is 0.484 e. The van der Waals surface area contributed by atoms with Crippen molar-refractivity contribution >= 4 is 17.8 Å². The third-order valence-electron chi connectivity index (χ3n) is 3.86. The average Bonchev–Trinajstić information content (AvgIpc) is 2.70. The second-order valence-corrected chi connectivity index (χ2v) is 5.59. The van der Waals surface area contributed by atoms with Gasteiger partial charge in [0.2, 0.25) is 5.91 Å². The van der Waals surface area contributed by atoms with Crippen molar-refractivity contribution in [2.75, 3.05) is 33.2 Å². The van der Waals surface area contributed by atoms with Crippen molar-refractivity contribution < 1.29 is 23.5 Å². The zero-order valence-corrected chi connectivity index (χ0v) is 12.6. The third kappa shape index (κ3) is 2.96. The predicted molar refractivity (Wildman–Crippen MR) is 77.1 cm³/mol. The summed E-state index contributed by atoms with van der Waals surface area (Å²) in [6.07, 6.45) is -0.288. The fraction of sp³-hybridized carbons (Fsp3) is 0.400. The number of benzene rings is 1. The lowest BCUT2D eigenvalue weighted by molar-refractivity contribution is -0.143. The van der Waals surface area contributed by atoms with Crippen LogP contribution in [0.5, 0.6) is 5.75 Å². The zero-order chi connectivity index (χ0) is 16.6. The number of carbonyl (C=O) groups excluding carboxylic acids is 3. The number of ether oxygens (including phenoxy) is 1. The number of imide groups is 1. The van der Waals surface area contributed by atoms with Gasteiger partial charge in [-0.05, 0) is 12.1 Å². The van der Waals surface area contributed by atoms with E-state index in [1.54, 1.807) is 12.1 Å². The molecule has 2 saturated heterocycles. The zero-order valence-electron chi connectivity index (χ0n) is 12.6. The van der Waals surface area contributed by atoms with Gasteiger partial charge >= 0.3 is 6.03 Å². The predicted octanol–water partition coefficient (Wildman–Crippen LogP) is 0.309. The molecule has 0 aromatic heterocycles. The molecule has 2 heterocycles. The molecule has 0 bridgehead atoms. The van der Waals surface area contributed by atoms with Crippen LogP contribution in [0.15, 0.2) is 24.3 Å². The molecule has 0 spiro atoms. The van der Waals surface area contributed by atoms with Gasteiger partial charge in [0.25, 0.3) is 5.91 Å². The maximum absolute atomic E-state index is 13.5. The minimum Gasteiger partial charge on any atom is -0.484 e. The Morgan fingerprint density at radius 3 is 2.61 bits per heavy atom. The number of hydrogen-bond acceptors (Lipinski definition) is 4. The molecule has 1 aromatic rings. The molecular formula is C15H16FN3O4. The number of para-hydroxylation sites is 1. The number of rotatable bonds is 4. The summed E-state index contributed by atoms with van der Waals surface area (Å²) in [5.74, 6) is -1.01. The van der Waals surface area contributed by atoms with Gasteiger partial charge in [-0.2, -0.15) is 0 Å². The van der Waals surface area contributed by atoms with E-state index < -0.39 is 11.8 Å². The summed E-state index contributed by atoms with van der Waals surface area (Å²) in [6.45, 7) is 0.331.